The number of primary amides is 1. The van der Waals surface area contributed by atoms with Crippen molar-refractivity contribution in [3.8, 4) is 0 Å². The van der Waals surface area contributed by atoms with Crippen LogP contribution in [0.2, 0.25) is 0 Å². The number of piperidine rings is 1. The predicted octanol–water partition coefficient (Wildman–Crippen LogP) is -0.300. The molecule has 0 aromatic heterocycles. The van der Waals surface area contributed by atoms with E-state index < -0.39 is 58.8 Å². The first-order valence-electron chi connectivity index (χ1n) is 12.3. The molecule has 7 N–H and O–H groups in total. The van der Waals surface area contributed by atoms with E-state index in [-0.39, 0.29) is 18.2 Å². The topological polar surface area (TPSA) is 198 Å². The van der Waals surface area contributed by atoms with Crippen LogP contribution in [0.4, 0.5) is 0 Å². The summed E-state index contributed by atoms with van der Waals surface area (Å²) in [5, 5.41) is 22.6. The summed E-state index contributed by atoms with van der Waals surface area (Å²) in [4.78, 5) is 64.7. The molecule has 1 saturated carbocycles. The van der Waals surface area contributed by atoms with Gasteiger partial charge in [0.05, 0.1) is 0 Å². The molecule has 0 unspecified atom stereocenters. The summed E-state index contributed by atoms with van der Waals surface area (Å²) in [7, 11) is 1.47. The van der Waals surface area contributed by atoms with Gasteiger partial charge in [-0.1, -0.05) is 33.6 Å². The lowest BCUT2D eigenvalue weighted by Gasteiger charge is -2.36. The first-order chi connectivity index (χ1) is 16.8. The monoisotopic (exact) mass is 505 g/mol. The van der Waals surface area contributed by atoms with Gasteiger partial charge in [-0.15, -0.1) is 0 Å². The van der Waals surface area contributed by atoms with Crippen molar-refractivity contribution >= 4 is 41.5 Å². The molecule has 0 bridgehead atoms. The van der Waals surface area contributed by atoms with Crippen molar-refractivity contribution in [3.05, 3.63) is 0 Å². The molecule has 36 heavy (non-hydrogen) atoms. The summed E-state index contributed by atoms with van der Waals surface area (Å²) < 4.78 is 0. The van der Waals surface area contributed by atoms with E-state index in [4.69, 9.17) is 16.6 Å². The average molecular weight is 506 g/mol. The summed E-state index contributed by atoms with van der Waals surface area (Å²) in [6.07, 6.45) is 4.24. The standard InChI is InChI=1S/C24H39N7O5/c1-24(2,3)18(30-21(34)15(26)12-25)23(36)31(4)17(10-13-7-8-13)22(35)29-16(19(27)32)11-14-6-5-9-28-20(14)33/h12-14,16-18,25-26H,5-11H2,1-4H3,(H2,27,32)(H,28,33)(H,29,35)(H,30,34)/t14-,16-,17-,18+/m0/s1. The maximum absolute atomic E-state index is 13.5. The van der Waals surface area contributed by atoms with E-state index in [0.29, 0.717) is 25.6 Å². The number of carbonyl (C=O) groups excluding carboxylic acids is 5. The Kier molecular flexibility index (Phi) is 9.71. The SMILES string of the molecule is CN(C(=O)[C@@H](NC(=O)C(=N)C=N)C(C)(C)C)[C@@H](CC1CC1)C(=O)N[C@@H](C[C@@H]1CCCNC1=O)C(N)=O. The number of likely N-dealkylation sites (N-methyl/N-ethyl adjacent to an activating group) is 1. The Labute approximate surface area is 211 Å². The summed E-state index contributed by atoms with van der Waals surface area (Å²) in [5.74, 6) is -3.08. The molecule has 1 aliphatic heterocycles. The van der Waals surface area contributed by atoms with Crippen LogP contribution in [-0.2, 0) is 24.0 Å². The van der Waals surface area contributed by atoms with E-state index >= 15 is 0 Å². The minimum atomic E-state index is -1.07. The average Bonchev–Trinajstić information content (AvgIpc) is 3.63. The Morgan fingerprint density at radius 2 is 1.81 bits per heavy atom. The lowest BCUT2D eigenvalue weighted by atomic mass is 9.85. The number of nitrogens with one attached hydrogen (secondary N) is 5. The Morgan fingerprint density at radius 1 is 1.17 bits per heavy atom. The fourth-order valence-electron chi connectivity index (χ4n) is 4.25. The van der Waals surface area contributed by atoms with Crippen LogP contribution >= 0.6 is 0 Å². The highest BCUT2D eigenvalue weighted by atomic mass is 16.2. The third-order valence-corrected chi connectivity index (χ3v) is 6.73. The quantitative estimate of drug-likeness (QED) is 0.197. The van der Waals surface area contributed by atoms with Gasteiger partial charge in [-0.25, -0.2) is 0 Å². The van der Waals surface area contributed by atoms with Gasteiger partial charge in [0.1, 0.15) is 23.8 Å². The van der Waals surface area contributed by atoms with Crippen LogP contribution in [0.3, 0.4) is 0 Å². The van der Waals surface area contributed by atoms with Crippen LogP contribution in [0.25, 0.3) is 0 Å². The highest BCUT2D eigenvalue weighted by Gasteiger charge is 2.41. The molecule has 0 aromatic carbocycles. The minimum Gasteiger partial charge on any atom is -0.368 e. The molecule has 2 rings (SSSR count). The second kappa shape index (κ2) is 12.1. The lowest BCUT2D eigenvalue weighted by Crippen LogP contribution is -2.60. The van der Waals surface area contributed by atoms with Crippen molar-refractivity contribution < 1.29 is 24.0 Å². The van der Waals surface area contributed by atoms with Gasteiger partial charge in [-0.05, 0) is 37.0 Å². The Hall–Kier alpha value is -3.31. The normalized spacial score (nSPS) is 20.2. The van der Waals surface area contributed by atoms with E-state index in [1.54, 1.807) is 20.8 Å². The molecule has 0 aromatic rings. The summed E-state index contributed by atoms with van der Waals surface area (Å²) >= 11 is 0. The molecule has 5 amide bonds. The minimum absolute atomic E-state index is 0.0765. The van der Waals surface area contributed by atoms with Crippen molar-refractivity contribution in [2.45, 2.75) is 77.4 Å². The van der Waals surface area contributed by atoms with Crippen LogP contribution in [0.1, 0.15) is 59.3 Å². The molecule has 4 atom stereocenters. The fraction of sp³-hybridized carbons (Fsp3) is 0.708. The molecule has 1 heterocycles. The lowest BCUT2D eigenvalue weighted by molar-refractivity contribution is -0.144. The van der Waals surface area contributed by atoms with Crippen molar-refractivity contribution in [1.29, 1.82) is 10.8 Å². The number of nitrogens with two attached hydrogens (primary N) is 1. The van der Waals surface area contributed by atoms with Gasteiger partial charge in [-0.2, -0.15) is 0 Å². The first kappa shape index (κ1) is 28.9. The van der Waals surface area contributed by atoms with Crippen molar-refractivity contribution in [1.82, 2.24) is 20.9 Å². The van der Waals surface area contributed by atoms with Gasteiger partial charge in [0, 0.05) is 25.7 Å². The zero-order chi connectivity index (χ0) is 27.2. The number of amides is 5. The number of rotatable bonds is 12. The highest BCUT2D eigenvalue weighted by molar-refractivity contribution is 6.59. The van der Waals surface area contributed by atoms with Crippen LogP contribution in [-0.4, -0.2) is 78.1 Å². The third kappa shape index (κ3) is 7.85. The van der Waals surface area contributed by atoms with E-state index in [1.807, 2.05) is 0 Å². The van der Waals surface area contributed by atoms with Crippen LogP contribution in [0.15, 0.2) is 0 Å². The molecule has 1 aliphatic carbocycles. The molecule has 0 spiro atoms. The van der Waals surface area contributed by atoms with Crippen LogP contribution < -0.4 is 21.7 Å². The van der Waals surface area contributed by atoms with E-state index in [1.165, 1.54) is 11.9 Å². The van der Waals surface area contributed by atoms with Crippen LogP contribution in [0.5, 0.6) is 0 Å². The van der Waals surface area contributed by atoms with Gasteiger partial charge in [0.2, 0.25) is 23.6 Å². The molecule has 2 aliphatic rings. The first-order valence-corrected chi connectivity index (χ1v) is 12.3. The van der Waals surface area contributed by atoms with Gasteiger partial charge in [-0.3, -0.25) is 29.4 Å². The molecule has 12 nitrogen and oxygen atoms in total. The zero-order valence-corrected chi connectivity index (χ0v) is 21.5. The van der Waals surface area contributed by atoms with E-state index in [9.17, 15) is 24.0 Å². The smallest absolute Gasteiger partial charge is 0.271 e. The maximum Gasteiger partial charge on any atom is 0.271 e. The number of hydrogen-bond acceptors (Lipinski definition) is 7. The second-order valence-electron chi connectivity index (χ2n) is 10.8. The number of carbonyl (C=O) groups is 5. The Bertz CT molecular complexity index is 909. The summed E-state index contributed by atoms with van der Waals surface area (Å²) in [6.45, 7) is 5.80. The molecule has 1 saturated heterocycles. The van der Waals surface area contributed by atoms with E-state index in [0.717, 1.165) is 19.3 Å². The molecule has 200 valence electrons. The van der Waals surface area contributed by atoms with Gasteiger partial charge in [0.25, 0.3) is 5.91 Å². The molecular formula is C24H39N7O5. The van der Waals surface area contributed by atoms with Gasteiger partial charge >= 0.3 is 0 Å². The molecule has 0 radical (unpaired) electrons. The summed E-state index contributed by atoms with van der Waals surface area (Å²) in [6, 6.07) is -3.05. The summed E-state index contributed by atoms with van der Waals surface area (Å²) in [5.41, 5.74) is 4.20. The zero-order valence-electron chi connectivity index (χ0n) is 21.5. The number of nitrogens with zero attached hydrogens (tertiary/aromatic N) is 1. The molecule has 12 heteroatoms. The van der Waals surface area contributed by atoms with Crippen molar-refractivity contribution in [3.63, 3.8) is 0 Å². The van der Waals surface area contributed by atoms with Crippen molar-refractivity contribution in [2.24, 2.45) is 23.0 Å². The van der Waals surface area contributed by atoms with Gasteiger partial charge in [0.15, 0.2) is 0 Å². The highest BCUT2D eigenvalue weighted by Crippen LogP contribution is 2.35. The van der Waals surface area contributed by atoms with E-state index in [2.05, 4.69) is 16.0 Å². The predicted molar refractivity (Wildman–Crippen MR) is 133 cm³/mol. The second-order valence-corrected chi connectivity index (χ2v) is 10.8. The maximum atomic E-state index is 13.5. The third-order valence-electron chi connectivity index (χ3n) is 6.73. The van der Waals surface area contributed by atoms with Crippen molar-refractivity contribution in [2.75, 3.05) is 13.6 Å². The number of hydrogen-bond donors (Lipinski definition) is 6. The molecule has 2 fully saturated rings. The van der Waals surface area contributed by atoms with Gasteiger partial charge < -0.3 is 32.0 Å². The fourth-order valence-corrected chi connectivity index (χ4v) is 4.25. The van der Waals surface area contributed by atoms with Crippen LogP contribution in [0, 0.1) is 28.1 Å². The Balaban J connectivity index is 2.22. The molecular weight excluding hydrogens is 466 g/mol. The Morgan fingerprint density at radius 3 is 2.31 bits per heavy atom. The largest absolute Gasteiger partial charge is 0.368 e.